The second-order valence-electron chi connectivity index (χ2n) is 5.63. The number of carbonyl (C=O) groups excluding carboxylic acids is 1. The number of hydrogen-bond acceptors (Lipinski definition) is 6. The lowest BCUT2D eigenvalue weighted by atomic mass is 9.89. The molecule has 0 aromatic heterocycles. The Kier molecular flexibility index (Phi) is 5.03. The molecule has 1 aliphatic rings. The Morgan fingerprint density at radius 3 is 2.07 bits per heavy atom. The number of rotatable bonds is 2. The van der Waals surface area contributed by atoms with Gasteiger partial charge in [0.25, 0.3) is 0 Å². The van der Waals surface area contributed by atoms with Gasteiger partial charge in [0.1, 0.15) is 0 Å². The molecule has 0 aliphatic heterocycles. The van der Waals surface area contributed by atoms with Crippen LogP contribution in [0.3, 0.4) is 0 Å². The summed E-state index contributed by atoms with van der Waals surface area (Å²) in [7, 11) is 0. The minimum atomic E-state index is -0.852. The molecule has 0 heterocycles. The summed E-state index contributed by atoms with van der Waals surface area (Å²) in [5, 5.41) is 50.6. The number of aliphatic hydroxyl groups is 2. The number of ketones is 1. The van der Waals surface area contributed by atoms with Crippen LogP contribution in [0, 0.1) is 0 Å². The quantitative estimate of drug-likeness (QED) is 0.390. The highest BCUT2D eigenvalue weighted by Crippen LogP contribution is 2.48. The lowest BCUT2D eigenvalue weighted by Crippen LogP contribution is -2.13. The molecule has 5 N–H and O–H groups in total. The van der Waals surface area contributed by atoms with E-state index in [1.54, 1.807) is 30.3 Å². The Labute approximate surface area is 170 Å². The van der Waals surface area contributed by atoms with Gasteiger partial charge in [-0.2, -0.15) is 0 Å². The molecular weight excluding hydrogens is 484 g/mol. The van der Waals surface area contributed by atoms with Gasteiger partial charge in [-0.3, -0.25) is 4.79 Å². The summed E-state index contributed by atoms with van der Waals surface area (Å²) in [5.41, 5.74) is 0.837. The van der Waals surface area contributed by atoms with Gasteiger partial charge in [0.15, 0.2) is 17.3 Å². The lowest BCUT2D eigenvalue weighted by molar-refractivity contribution is -0.114. The molecule has 0 atom stereocenters. The molecule has 0 fully saturated rings. The molecule has 0 unspecified atom stereocenters. The summed E-state index contributed by atoms with van der Waals surface area (Å²) >= 11 is 6.14. The average molecular weight is 496 g/mol. The van der Waals surface area contributed by atoms with Crippen LogP contribution in [0.2, 0.25) is 0 Å². The first kappa shape index (κ1) is 19.1. The van der Waals surface area contributed by atoms with Gasteiger partial charge < -0.3 is 25.5 Å². The largest absolute Gasteiger partial charge is 0.504 e. The predicted octanol–water partition coefficient (Wildman–Crippen LogP) is 4.56. The first-order valence-corrected chi connectivity index (χ1v) is 9.10. The van der Waals surface area contributed by atoms with Crippen molar-refractivity contribution in [2.45, 2.75) is 0 Å². The number of benzene rings is 2. The predicted molar refractivity (Wildman–Crippen MR) is 106 cm³/mol. The number of halogens is 2. The topological polar surface area (TPSA) is 118 Å². The molecule has 0 saturated heterocycles. The molecule has 0 bridgehead atoms. The summed E-state index contributed by atoms with van der Waals surface area (Å²) in [5.74, 6) is -4.25. The van der Waals surface area contributed by atoms with Crippen molar-refractivity contribution in [3.8, 4) is 17.2 Å². The molecule has 0 amide bonds. The number of aromatic hydroxyl groups is 3. The SMILES string of the molecule is O=C1C(Br)=C/C(=C(\c2ccccc2)c2cc(Br)c(O)c(O)c2O)C(O)=C1O. The van der Waals surface area contributed by atoms with E-state index in [4.69, 9.17) is 0 Å². The van der Waals surface area contributed by atoms with Crippen molar-refractivity contribution >= 4 is 43.2 Å². The Morgan fingerprint density at radius 1 is 0.815 bits per heavy atom. The maximum atomic E-state index is 11.9. The van der Waals surface area contributed by atoms with Crippen molar-refractivity contribution in [3.05, 3.63) is 79.6 Å². The first-order valence-electron chi connectivity index (χ1n) is 7.52. The Morgan fingerprint density at radius 2 is 1.44 bits per heavy atom. The molecule has 0 saturated carbocycles. The van der Waals surface area contributed by atoms with E-state index in [-0.39, 0.29) is 25.7 Å². The summed E-state index contributed by atoms with van der Waals surface area (Å²) in [4.78, 5) is 11.9. The zero-order valence-corrected chi connectivity index (χ0v) is 16.6. The van der Waals surface area contributed by atoms with E-state index in [9.17, 15) is 30.3 Å². The van der Waals surface area contributed by atoms with Crippen molar-refractivity contribution in [1.82, 2.24) is 0 Å². The van der Waals surface area contributed by atoms with Gasteiger partial charge in [0.2, 0.25) is 17.3 Å². The van der Waals surface area contributed by atoms with Crippen LogP contribution in [-0.2, 0) is 4.79 Å². The van der Waals surface area contributed by atoms with Crippen LogP contribution in [0.15, 0.2) is 68.5 Å². The fourth-order valence-electron chi connectivity index (χ4n) is 2.67. The van der Waals surface area contributed by atoms with Crippen molar-refractivity contribution in [2.75, 3.05) is 0 Å². The third-order valence-electron chi connectivity index (χ3n) is 3.98. The molecule has 0 radical (unpaired) electrons. The van der Waals surface area contributed by atoms with Crippen LogP contribution >= 0.6 is 31.9 Å². The third kappa shape index (κ3) is 3.22. The molecule has 0 spiro atoms. The van der Waals surface area contributed by atoms with Gasteiger partial charge in [0.05, 0.1) is 8.96 Å². The highest BCUT2D eigenvalue weighted by molar-refractivity contribution is 9.12. The summed E-state index contributed by atoms with van der Waals surface area (Å²) in [6.07, 6.45) is 1.30. The van der Waals surface area contributed by atoms with Crippen LogP contribution in [0.25, 0.3) is 5.57 Å². The van der Waals surface area contributed by atoms with Gasteiger partial charge in [-0.15, -0.1) is 0 Å². The molecule has 1 aliphatic carbocycles. The normalized spacial score (nSPS) is 16.4. The number of Topliss-reactive ketones (excluding diaryl/α,β-unsaturated/α-hetero) is 1. The van der Waals surface area contributed by atoms with Crippen molar-refractivity contribution in [1.29, 1.82) is 0 Å². The van der Waals surface area contributed by atoms with Crippen LogP contribution in [0.4, 0.5) is 0 Å². The monoisotopic (exact) mass is 494 g/mol. The second-order valence-corrected chi connectivity index (χ2v) is 7.33. The fraction of sp³-hybridized carbons (Fsp3) is 0. The molecule has 27 heavy (non-hydrogen) atoms. The number of phenolic OH excluding ortho intramolecular Hbond substituents is 3. The van der Waals surface area contributed by atoms with Crippen molar-refractivity contribution in [2.24, 2.45) is 0 Å². The zero-order chi connectivity index (χ0) is 19.9. The van der Waals surface area contributed by atoms with Crippen molar-refractivity contribution < 1.29 is 30.3 Å². The molecular formula is C19H12Br2O6. The van der Waals surface area contributed by atoms with Gasteiger partial charge in [-0.1, -0.05) is 30.3 Å². The Hall–Kier alpha value is -2.71. The van der Waals surface area contributed by atoms with E-state index in [1.807, 2.05) is 0 Å². The van der Waals surface area contributed by atoms with Crippen LogP contribution < -0.4 is 0 Å². The second kappa shape index (κ2) is 7.13. The summed E-state index contributed by atoms with van der Waals surface area (Å²) in [6, 6.07) is 9.91. The van der Waals surface area contributed by atoms with E-state index in [0.717, 1.165) is 0 Å². The van der Waals surface area contributed by atoms with E-state index >= 15 is 0 Å². The minimum absolute atomic E-state index is 0.00258. The maximum absolute atomic E-state index is 11.9. The highest BCUT2D eigenvalue weighted by atomic mass is 79.9. The number of aliphatic hydroxyl groups excluding tert-OH is 2. The number of phenols is 3. The summed E-state index contributed by atoms with van der Waals surface area (Å²) in [6.45, 7) is 0. The van der Waals surface area contributed by atoms with Crippen molar-refractivity contribution in [3.63, 3.8) is 0 Å². The highest BCUT2D eigenvalue weighted by Gasteiger charge is 2.29. The Bertz CT molecular complexity index is 1050. The number of allylic oxidation sites excluding steroid dienone is 2. The molecule has 8 heteroatoms. The molecule has 2 aromatic carbocycles. The Balaban J connectivity index is 2.46. The first-order chi connectivity index (χ1) is 12.7. The van der Waals surface area contributed by atoms with E-state index in [2.05, 4.69) is 31.9 Å². The molecule has 138 valence electrons. The lowest BCUT2D eigenvalue weighted by Gasteiger charge is -2.19. The molecule has 6 nitrogen and oxygen atoms in total. The third-order valence-corrected chi connectivity index (χ3v) is 5.18. The summed E-state index contributed by atoms with van der Waals surface area (Å²) < 4.78 is 0.104. The zero-order valence-electron chi connectivity index (χ0n) is 13.4. The fourth-order valence-corrected chi connectivity index (χ4v) is 3.50. The van der Waals surface area contributed by atoms with E-state index in [0.29, 0.717) is 5.56 Å². The number of carbonyl (C=O) groups is 1. The molecule has 3 rings (SSSR count). The minimum Gasteiger partial charge on any atom is -0.504 e. The molecule has 2 aromatic rings. The van der Waals surface area contributed by atoms with Gasteiger partial charge in [-0.05, 0) is 49.6 Å². The van der Waals surface area contributed by atoms with E-state index < -0.39 is 34.6 Å². The van der Waals surface area contributed by atoms with Gasteiger partial charge in [-0.25, -0.2) is 0 Å². The maximum Gasteiger partial charge on any atom is 0.238 e. The van der Waals surface area contributed by atoms with E-state index in [1.165, 1.54) is 12.1 Å². The number of hydrogen-bond donors (Lipinski definition) is 5. The van der Waals surface area contributed by atoms with Crippen LogP contribution in [-0.4, -0.2) is 31.3 Å². The van der Waals surface area contributed by atoms with Gasteiger partial charge >= 0.3 is 0 Å². The smallest absolute Gasteiger partial charge is 0.238 e. The van der Waals surface area contributed by atoms with Crippen LogP contribution in [0.1, 0.15) is 11.1 Å². The average Bonchev–Trinajstić information content (AvgIpc) is 2.67. The van der Waals surface area contributed by atoms with Gasteiger partial charge in [0, 0.05) is 16.7 Å². The van der Waals surface area contributed by atoms with Crippen LogP contribution in [0.5, 0.6) is 17.2 Å². The standard InChI is InChI=1S/C19H12Br2O6/c20-11-6-9(14(22)18(26)16(11)24)13(8-4-2-1-3-5-8)10-7-12(21)17(25)19(27)15(10)23/h1-7,22-24,26-27H/b13-10-.